The Labute approximate surface area is 423 Å². The van der Waals surface area contributed by atoms with Gasteiger partial charge in [-0.1, -0.05) is 6.92 Å². The number of carbonyl (C=O) groups is 3. The van der Waals surface area contributed by atoms with E-state index in [1.807, 2.05) is 0 Å². The number of thiol groups is 3. The molecule has 0 spiro atoms. The van der Waals surface area contributed by atoms with E-state index in [4.69, 9.17) is 15.3 Å². The largest absolute Gasteiger partial charge is 0.549 e. The minimum absolute atomic E-state index is 0.181. The van der Waals surface area contributed by atoms with E-state index in [2.05, 4.69) is 100 Å². The van der Waals surface area contributed by atoms with Crippen molar-refractivity contribution in [3.05, 3.63) is 0 Å². The first-order valence-electron chi connectivity index (χ1n) is 24.3. The first-order chi connectivity index (χ1) is 29.5. The normalized spacial score (nSPS) is 9.87. The fourth-order valence-corrected chi connectivity index (χ4v) is 33.5. The van der Waals surface area contributed by atoms with Gasteiger partial charge < -0.3 is 45.0 Å². The zero-order valence-corrected chi connectivity index (χ0v) is 53.2. The molecule has 0 aliphatic carbocycles. The summed E-state index contributed by atoms with van der Waals surface area (Å²) in [6, 6.07) is 0. The zero-order valence-electron chi connectivity index (χ0n) is 42.0. The number of carbonyl (C=O) groups excluding carboxylic acids is 3. The van der Waals surface area contributed by atoms with Gasteiger partial charge in [-0.25, -0.2) is 0 Å². The van der Waals surface area contributed by atoms with E-state index in [0.29, 0.717) is 0 Å². The first kappa shape index (κ1) is 77.9. The second-order valence-corrected chi connectivity index (χ2v) is 42.7. The molecule has 62 heavy (non-hydrogen) atoms. The Hall–Kier alpha value is 1.74. The fraction of sp³-hybridized carbons (Fsp3) is 0.936. The molecule has 0 radical (unpaired) electrons. The van der Waals surface area contributed by atoms with Crippen LogP contribution in [0, 0.1) is 5.41 Å². The average Bonchev–Trinajstić information content (AvgIpc) is 3.29. The summed E-state index contributed by atoms with van der Waals surface area (Å²) in [5.74, 6) is -3.98. The number of unbranched alkanes of at least 4 members (excludes halogenated alkanes) is 9. The number of hydrogen-bond donors (Lipinski definition) is 6. The molecule has 0 aliphatic heterocycles. The third-order valence-corrected chi connectivity index (χ3v) is 37.5. The molecule has 3 N–H and O–H groups in total. The minimum atomic E-state index is -1.13. The third-order valence-electron chi connectivity index (χ3n) is 9.49. The van der Waals surface area contributed by atoms with Crippen LogP contribution in [0.3, 0.4) is 0 Å². The summed E-state index contributed by atoms with van der Waals surface area (Å²) in [5, 5.41) is 52.9. The van der Waals surface area contributed by atoms with Crippen LogP contribution in [0.15, 0.2) is 0 Å². The van der Waals surface area contributed by atoms with E-state index in [-0.39, 0.29) is 37.1 Å². The maximum absolute atomic E-state index is 9.18. The van der Waals surface area contributed by atoms with Crippen molar-refractivity contribution in [2.45, 2.75) is 225 Å². The Kier molecular flexibility index (Phi) is 87.1. The number of aliphatic carboxylic acids is 3. The molecule has 0 saturated carbocycles. The second kappa shape index (κ2) is 69.3. The van der Waals surface area contributed by atoms with Crippen molar-refractivity contribution >= 4 is 115 Å². The standard InChI is InChI=1S/C5H12O3.9C4H9.3C2H4O2S.3Sn/c1-5(2-6,3-7)4-8;9*1-3-4-2;3*3-2(4)1-5;;;/h6-8H,2-4H2,1H3;9*1,3-4H2,2H3;3*5H,1H2,(H,3,4);;;/q;;;;;;;;;;;;;3*+1/p-3. The van der Waals surface area contributed by atoms with Gasteiger partial charge in [0.1, 0.15) is 0 Å². The molecule has 0 amide bonds. The number of rotatable bonds is 33. The molecule has 0 saturated heterocycles. The van der Waals surface area contributed by atoms with Gasteiger partial charge in [-0.3, -0.25) is 0 Å². The van der Waals surface area contributed by atoms with Gasteiger partial charge in [-0.15, -0.1) is 0 Å². The number of carboxylic acid groups (broad SMARTS) is 3. The predicted octanol–water partition coefficient (Wildman–Crippen LogP) is 9.61. The van der Waals surface area contributed by atoms with Crippen molar-refractivity contribution in [2.75, 3.05) is 37.1 Å². The number of carboxylic acids is 3. The van der Waals surface area contributed by atoms with Crippen molar-refractivity contribution in [1.82, 2.24) is 0 Å². The summed E-state index contributed by atoms with van der Waals surface area (Å²) in [5.41, 5.74) is -0.708. The molecule has 0 atom stereocenters. The summed E-state index contributed by atoms with van der Waals surface area (Å²) < 4.78 is 15.1. The molecule has 0 unspecified atom stereocenters. The van der Waals surface area contributed by atoms with E-state index < -0.39 is 82.6 Å². The molecule has 0 fully saturated rings. The monoisotopic (exact) mass is 1270 g/mol. The van der Waals surface area contributed by atoms with Crippen molar-refractivity contribution in [2.24, 2.45) is 5.41 Å². The van der Waals surface area contributed by atoms with Crippen LogP contribution < -0.4 is 15.3 Å². The van der Waals surface area contributed by atoms with Gasteiger partial charge >= 0.3 is 277 Å². The maximum atomic E-state index is 9.18. The quantitative estimate of drug-likeness (QED) is 0.0276. The van der Waals surface area contributed by atoms with Gasteiger partial charge in [0.15, 0.2) is 0 Å². The van der Waals surface area contributed by atoms with E-state index in [9.17, 15) is 29.7 Å². The molecule has 0 aromatic rings. The Morgan fingerprint density at radius 2 is 0.484 bits per heavy atom. The molecule has 0 aliphatic rings. The zero-order chi connectivity index (χ0) is 49.3. The predicted molar refractivity (Wildman–Crippen MR) is 281 cm³/mol. The average molecular weight is 1260 g/mol. The van der Waals surface area contributed by atoms with Crippen molar-refractivity contribution in [3.8, 4) is 0 Å². The number of aliphatic hydroxyl groups excluding tert-OH is 3. The summed E-state index contributed by atoms with van der Waals surface area (Å²) in [4.78, 5) is 27.5. The van der Waals surface area contributed by atoms with Gasteiger partial charge in [0.2, 0.25) is 0 Å². The third kappa shape index (κ3) is 81.9. The second-order valence-electron chi connectivity index (χ2n) is 16.1. The van der Waals surface area contributed by atoms with Crippen LogP contribution in [-0.2, 0) is 14.4 Å². The molecule has 0 bridgehead atoms. The van der Waals surface area contributed by atoms with Gasteiger partial charge in [0.25, 0.3) is 0 Å². The number of hydrogen-bond acceptors (Lipinski definition) is 12. The van der Waals surface area contributed by atoms with Gasteiger partial charge in [-0.05, 0) is 0 Å². The fourth-order valence-electron chi connectivity index (χ4n) is 5.12. The van der Waals surface area contributed by atoms with Crippen LogP contribution in [-0.4, -0.2) is 130 Å². The van der Waals surface area contributed by atoms with Crippen LogP contribution in [0.25, 0.3) is 0 Å². The molecular weight excluding hydrogens is 1160 g/mol. The van der Waals surface area contributed by atoms with E-state index >= 15 is 0 Å². The Balaban J connectivity index is -0.000000118. The maximum Gasteiger partial charge on any atom is 0.0510 e. The number of aliphatic hydroxyl groups is 3. The van der Waals surface area contributed by atoms with Crippen LogP contribution in [0.5, 0.6) is 0 Å². The van der Waals surface area contributed by atoms with Gasteiger partial charge in [-0.2, -0.15) is 37.9 Å². The molecule has 374 valence electrons. The van der Waals surface area contributed by atoms with Crippen LogP contribution in [0.4, 0.5) is 0 Å². The Bertz CT molecular complexity index is 694. The minimum Gasteiger partial charge on any atom is -0.549 e. The summed E-state index contributed by atoms with van der Waals surface area (Å²) in [6.07, 6.45) is 26.5. The molecule has 0 rings (SSSR count). The van der Waals surface area contributed by atoms with E-state index in [0.717, 1.165) is 0 Å². The molecule has 9 nitrogen and oxygen atoms in total. The summed E-state index contributed by atoms with van der Waals surface area (Å²) in [6.45, 7) is 22.1. The van der Waals surface area contributed by atoms with Gasteiger partial charge in [0.05, 0.1) is 37.7 Å². The Morgan fingerprint density at radius 3 is 0.532 bits per heavy atom. The van der Waals surface area contributed by atoms with Crippen LogP contribution >= 0.6 is 37.9 Å². The topological polar surface area (TPSA) is 181 Å². The van der Waals surface area contributed by atoms with Crippen molar-refractivity contribution < 1.29 is 45.0 Å². The smallest absolute Gasteiger partial charge is 0.0510 e. The molecule has 0 heterocycles. The van der Waals surface area contributed by atoms with E-state index in [1.54, 1.807) is 46.9 Å². The first-order valence-corrected chi connectivity index (χ1v) is 44.4. The molecule has 0 aromatic carbocycles. The van der Waals surface area contributed by atoms with Gasteiger partial charge in [0, 0.05) is 22.7 Å². The SMILES string of the molecule is CC(CO)(CO)CO.CCC[CH2][Sn+]([CH2]CCC)[CH2]CCC.CCC[CH2][Sn+]([CH2]CCC)[CH2]CCC.CCC[CH2][Sn+]([CH2]CCC)[CH2]CCC.O=C([O-])CS.O=C([O-])CS.O=C([O-])CS. The Morgan fingerprint density at radius 1 is 0.371 bits per heavy atom. The summed E-state index contributed by atoms with van der Waals surface area (Å²) >= 11 is 7.54. The summed E-state index contributed by atoms with van der Waals surface area (Å²) in [7, 11) is 0. The van der Waals surface area contributed by atoms with E-state index in [1.165, 1.54) is 116 Å². The van der Waals surface area contributed by atoms with Crippen LogP contribution in [0.1, 0.15) is 185 Å². The van der Waals surface area contributed by atoms with Crippen molar-refractivity contribution in [1.29, 1.82) is 0 Å². The van der Waals surface area contributed by atoms with Crippen LogP contribution in [0.2, 0.25) is 39.9 Å². The molecular formula is C47H102O9S3Sn3. The molecule has 0 aromatic heterocycles. The van der Waals surface area contributed by atoms with Crippen molar-refractivity contribution in [3.63, 3.8) is 0 Å². The molecule has 15 heteroatoms.